The fraction of sp³-hybridized carbons (Fsp3) is 0.591. The summed E-state index contributed by atoms with van der Waals surface area (Å²) in [6.45, 7) is 14.1. The van der Waals surface area contributed by atoms with Gasteiger partial charge in [0.25, 0.3) is 0 Å². The molecule has 2 aromatic heterocycles. The van der Waals surface area contributed by atoms with Gasteiger partial charge in [-0.3, -0.25) is 0 Å². The molecule has 0 unspecified atom stereocenters. The molecule has 2 aromatic rings. The van der Waals surface area contributed by atoms with Gasteiger partial charge in [-0.05, 0) is 45.8 Å². The Morgan fingerprint density at radius 3 is 2.57 bits per heavy atom. The summed E-state index contributed by atoms with van der Waals surface area (Å²) >= 11 is 0. The van der Waals surface area contributed by atoms with Crippen molar-refractivity contribution >= 4 is 23.5 Å². The summed E-state index contributed by atoms with van der Waals surface area (Å²) < 4.78 is 13.0. The van der Waals surface area contributed by atoms with E-state index in [4.69, 9.17) is 14.5 Å². The van der Waals surface area contributed by atoms with Crippen LogP contribution >= 0.6 is 0 Å². The highest BCUT2D eigenvalue weighted by atomic mass is 16.6. The average Bonchev–Trinajstić information content (AvgIpc) is 3.12. The lowest BCUT2D eigenvalue weighted by molar-refractivity contribution is 0.0203. The van der Waals surface area contributed by atoms with E-state index in [9.17, 15) is 4.79 Å². The number of hydrogen-bond donors (Lipinski definition) is 0. The van der Waals surface area contributed by atoms with Crippen LogP contribution in [0.5, 0.6) is 0 Å². The number of hydrogen-bond acceptors (Lipinski definition) is 6. The summed E-state index contributed by atoms with van der Waals surface area (Å²) in [6, 6.07) is 2.02. The standard InChI is InChI=1S/C22H31N5O3/c1-5-17-19(16-7-10-26(11-8-16)21(28)30-22(2,3)4)27-20(24-17)18(6-9-23-27)25-12-14-29-15-13-25/h5-6,9,16H,1,7-8,10-15H2,2-4H3. The van der Waals surface area contributed by atoms with Crippen LogP contribution in [0.2, 0.25) is 0 Å². The van der Waals surface area contributed by atoms with Crippen LogP contribution in [0.4, 0.5) is 10.5 Å². The molecule has 2 aliphatic rings. The lowest BCUT2D eigenvalue weighted by Gasteiger charge is -2.33. The normalized spacial score (nSPS) is 18.6. The fourth-order valence-corrected chi connectivity index (χ4v) is 4.21. The Labute approximate surface area is 177 Å². The molecule has 0 spiro atoms. The van der Waals surface area contributed by atoms with E-state index in [0.717, 1.165) is 61.9 Å². The monoisotopic (exact) mass is 413 g/mol. The number of amides is 1. The Morgan fingerprint density at radius 1 is 1.23 bits per heavy atom. The lowest BCUT2D eigenvalue weighted by Crippen LogP contribution is -2.41. The van der Waals surface area contributed by atoms with Gasteiger partial charge >= 0.3 is 6.09 Å². The Hall–Kier alpha value is -2.61. The van der Waals surface area contributed by atoms with Crippen LogP contribution in [0.15, 0.2) is 18.8 Å². The van der Waals surface area contributed by atoms with Crippen molar-refractivity contribution in [2.75, 3.05) is 44.3 Å². The van der Waals surface area contributed by atoms with E-state index in [1.54, 1.807) is 4.90 Å². The van der Waals surface area contributed by atoms with Crippen LogP contribution in [0.1, 0.15) is 50.9 Å². The minimum Gasteiger partial charge on any atom is -0.444 e. The predicted octanol–water partition coefficient (Wildman–Crippen LogP) is 3.32. The molecule has 2 aliphatic heterocycles. The second-order valence-electron chi connectivity index (χ2n) is 8.88. The van der Waals surface area contributed by atoms with Crippen molar-refractivity contribution < 1.29 is 14.3 Å². The molecule has 2 fully saturated rings. The van der Waals surface area contributed by atoms with E-state index >= 15 is 0 Å². The van der Waals surface area contributed by atoms with Crippen molar-refractivity contribution in [1.29, 1.82) is 0 Å². The molecule has 0 saturated carbocycles. The van der Waals surface area contributed by atoms with Crippen LogP contribution in [-0.4, -0.2) is 70.6 Å². The zero-order valence-corrected chi connectivity index (χ0v) is 18.1. The lowest BCUT2D eigenvalue weighted by atomic mass is 9.92. The average molecular weight is 414 g/mol. The van der Waals surface area contributed by atoms with Gasteiger partial charge in [-0.15, -0.1) is 0 Å². The fourth-order valence-electron chi connectivity index (χ4n) is 4.21. The van der Waals surface area contributed by atoms with Gasteiger partial charge in [-0.1, -0.05) is 6.58 Å². The number of rotatable bonds is 3. The van der Waals surface area contributed by atoms with Gasteiger partial charge in [0, 0.05) is 32.1 Å². The molecule has 4 heterocycles. The Kier molecular flexibility index (Phi) is 5.69. The number of carbonyl (C=O) groups excluding carboxylic acids is 1. The van der Waals surface area contributed by atoms with Gasteiger partial charge in [-0.2, -0.15) is 5.10 Å². The molecule has 8 heteroatoms. The SMILES string of the molecule is C=Cc1nc2c(N3CCOCC3)ccnn2c1C1CCN(C(=O)OC(C)(C)C)CC1. The van der Waals surface area contributed by atoms with E-state index in [0.29, 0.717) is 13.1 Å². The van der Waals surface area contributed by atoms with E-state index in [2.05, 4.69) is 16.6 Å². The van der Waals surface area contributed by atoms with Crippen molar-refractivity contribution in [3.05, 3.63) is 30.2 Å². The topological polar surface area (TPSA) is 72.2 Å². The quantitative estimate of drug-likeness (QED) is 0.769. The molecule has 8 nitrogen and oxygen atoms in total. The molecule has 162 valence electrons. The number of fused-ring (bicyclic) bond motifs is 1. The first kappa shape index (κ1) is 20.7. The number of anilines is 1. The van der Waals surface area contributed by atoms with Crippen molar-refractivity contribution in [3.63, 3.8) is 0 Å². The minimum atomic E-state index is -0.481. The number of nitrogens with zero attached hydrogens (tertiary/aromatic N) is 5. The molecule has 0 N–H and O–H groups in total. The van der Waals surface area contributed by atoms with Crippen LogP contribution in [0.3, 0.4) is 0 Å². The first-order valence-electron chi connectivity index (χ1n) is 10.7. The molecular weight excluding hydrogens is 382 g/mol. The zero-order valence-electron chi connectivity index (χ0n) is 18.1. The highest BCUT2D eigenvalue weighted by Gasteiger charge is 2.31. The summed E-state index contributed by atoms with van der Waals surface area (Å²) in [5.74, 6) is 0.263. The second-order valence-corrected chi connectivity index (χ2v) is 8.88. The zero-order chi connectivity index (χ0) is 21.3. The Bertz CT molecular complexity index is 919. The number of morpholine rings is 1. The van der Waals surface area contributed by atoms with Gasteiger partial charge in [-0.25, -0.2) is 14.3 Å². The molecule has 1 amide bonds. The summed E-state index contributed by atoms with van der Waals surface area (Å²) in [6.07, 6.45) is 5.10. The summed E-state index contributed by atoms with van der Waals surface area (Å²) in [7, 11) is 0. The number of imidazole rings is 1. The van der Waals surface area contributed by atoms with Crippen LogP contribution in [0, 0.1) is 0 Å². The largest absolute Gasteiger partial charge is 0.444 e. The third-order valence-corrected chi connectivity index (χ3v) is 5.64. The van der Waals surface area contributed by atoms with E-state index in [1.807, 2.05) is 43.6 Å². The molecule has 0 radical (unpaired) electrons. The first-order chi connectivity index (χ1) is 14.4. The van der Waals surface area contributed by atoms with E-state index in [-0.39, 0.29) is 12.0 Å². The number of aromatic nitrogens is 3. The second kappa shape index (κ2) is 8.26. The van der Waals surface area contributed by atoms with E-state index in [1.165, 1.54) is 0 Å². The molecule has 4 rings (SSSR count). The smallest absolute Gasteiger partial charge is 0.410 e. The summed E-state index contributed by atoms with van der Waals surface area (Å²) in [5.41, 5.74) is 3.41. The maximum absolute atomic E-state index is 12.4. The molecule has 0 aromatic carbocycles. The summed E-state index contributed by atoms with van der Waals surface area (Å²) in [5, 5.41) is 4.63. The number of likely N-dealkylation sites (tertiary alicyclic amines) is 1. The molecular formula is C22H31N5O3. The Balaban J connectivity index is 1.57. The first-order valence-corrected chi connectivity index (χ1v) is 10.7. The van der Waals surface area contributed by atoms with Crippen molar-refractivity contribution in [1.82, 2.24) is 19.5 Å². The molecule has 0 atom stereocenters. The molecule has 0 bridgehead atoms. The molecule has 30 heavy (non-hydrogen) atoms. The third kappa shape index (κ3) is 4.14. The molecule has 0 aliphatic carbocycles. The molecule has 2 saturated heterocycles. The van der Waals surface area contributed by atoms with Crippen LogP contribution < -0.4 is 4.90 Å². The van der Waals surface area contributed by atoms with Crippen molar-refractivity contribution in [2.45, 2.75) is 45.1 Å². The Morgan fingerprint density at radius 2 is 1.93 bits per heavy atom. The highest BCUT2D eigenvalue weighted by molar-refractivity contribution is 5.72. The number of ether oxygens (including phenoxy) is 2. The minimum absolute atomic E-state index is 0.240. The third-order valence-electron chi connectivity index (χ3n) is 5.64. The predicted molar refractivity (Wildman–Crippen MR) is 116 cm³/mol. The maximum atomic E-state index is 12.4. The van der Waals surface area contributed by atoms with Gasteiger partial charge in [0.1, 0.15) is 5.60 Å². The van der Waals surface area contributed by atoms with Gasteiger partial charge in [0.2, 0.25) is 0 Å². The summed E-state index contributed by atoms with van der Waals surface area (Å²) in [4.78, 5) is 21.4. The van der Waals surface area contributed by atoms with Crippen molar-refractivity contribution in [2.24, 2.45) is 0 Å². The number of carbonyl (C=O) groups is 1. The maximum Gasteiger partial charge on any atom is 0.410 e. The number of piperidine rings is 1. The van der Waals surface area contributed by atoms with Crippen molar-refractivity contribution in [3.8, 4) is 0 Å². The highest BCUT2D eigenvalue weighted by Crippen LogP contribution is 2.34. The van der Waals surface area contributed by atoms with Gasteiger partial charge < -0.3 is 19.3 Å². The van der Waals surface area contributed by atoms with E-state index < -0.39 is 5.60 Å². The van der Waals surface area contributed by atoms with Gasteiger partial charge in [0.15, 0.2) is 5.65 Å². The van der Waals surface area contributed by atoms with Gasteiger partial charge in [0.05, 0.1) is 36.5 Å². The van der Waals surface area contributed by atoms with Crippen LogP contribution in [-0.2, 0) is 9.47 Å². The van der Waals surface area contributed by atoms with Crippen LogP contribution in [0.25, 0.3) is 11.7 Å².